The Morgan fingerprint density at radius 3 is 3.06 bits per heavy atom. The Morgan fingerprint density at radius 1 is 1.44 bits per heavy atom. The number of methoxy groups -OCH3 is 1. The van der Waals surface area contributed by atoms with Gasteiger partial charge in [0.1, 0.15) is 5.92 Å². The highest BCUT2D eigenvalue weighted by Crippen LogP contribution is 2.45. The average Bonchev–Trinajstić information content (AvgIpc) is 2.87. The van der Waals surface area contributed by atoms with Crippen molar-refractivity contribution in [1.29, 1.82) is 0 Å². The number of ether oxygens (including phenoxy) is 1. The number of fused-ring (bicyclic) bond motifs is 3. The zero-order valence-electron chi connectivity index (χ0n) is 9.35. The highest BCUT2D eigenvalue weighted by Gasteiger charge is 2.45. The molecular formula is C13H15NO2. The lowest BCUT2D eigenvalue weighted by atomic mass is 9.93. The fraction of sp³-hybridized carbons (Fsp3) is 0.462. The van der Waals surface area contributed by atoms with Crippen LogP contribution < -0.4 is 4.90 Å². The largest absolute Gasteiger partial charge is 0.468 e. The summed E-state index contributed by atoms with van der Waals surface area (Å²) in [6, 6.07) is 8.52. The number of carbonyl (C=O) groups is 1. The summed E-state index contributed by atoms with van der Waals surface area (Å²) in [4.78, 5) is 14.2. The van der Waals surface area contributed by atoms with Gasteiger partial charge in [0.2, 0.25) is 0 Å². The Bertz CT molecular complexity index is 430. The molecule has 0 radical (unpaired) electrons. The number of hydrogen-bond donors (Lipinski definition) is 0. The van der Waals surface area contributed by atoms with Gasteiger partial charge in [0, 0.05) is 18.3 Å². The molecule has 3 heteroatoms. The van der Waals surface area contributed by atoms with Crippen molar-refractivity contribution in [2.24, 2.45) is 0 Å². The molecule has 3 rings (SSSR count). The third kappa shape index (κ3) is 1.17. The number of anilines is 1. The van der Waals surface area contributed by atoms with Crippen molar-refractivity contribution in [3.8, 4) is 0 Å². The van der Waals surface area contributed by atoms with E-state index < -0.39 is 0 Å². The molecule has 2 aliphatic heterocycles. The Kier molecular flexibility index (Phi) is 2.13. The first-order chi connectivity index (χ1) is 7.83. The molecule has 1 saturated heterocycles. The number of carbonyl (C=O) groups excluding carboxylic acids is 1. The van der Waals surface area contributed by atoms with Crippen LogP contribution in [0.1, 0.15) is 24.3 Å². The number of rotatable bonds is 1. The van der Waals surface area contributed by atoms with Crippen LogP contribution in [0.3, 0.4) is 0 Å². The number of esters is 1. The molecular weight excluding hydrogens is 202 g/mol. The second-order valence-corrected chi connectivity index (χ2v) is 4.46. The van der Waals surface area contributed by atoms with Crippen molar-refractivity contribution in [2.75, 3.05) is 18.6 Å². The first kappa shape index (κ1) is 9.70. The summed E-state index contributed by atoms with van der Waals surface area (Å²) in [5.41, 5.74) is 2.36. The molecule has 0 amide bonds. The molecule has 0 unspecified atom stereocenters. The van der Waals surface area contributed by atoms with E-state index in [0.717, 1.165) is 18.5 Å². The second-order valence-electron chi connectivity index (χ2n) is 4.46. The van der Waals surface area contributed by atoms with E-state index in [-0.39, 0.29) is 11.9 Å². The fourth-order valence-corrected chi connectivity index (χ4v) is 3.07. The summed E-state index contributed by atoms with van der Waals surface area (Å²) in [6.07, 6.45) is 2.26. The molecule has 2 atom stereocenters. The van der Waals surface area contributed by atoms with E-state index in [4.69, 9.17) is 4.74 Å². The van der Waals surface area contributed by atoms with Gasteiger partial charge in [-0.2, -0.15) is 0 Å². The first-order valence-electron chi connectivity index (χ1n) is 5.76. The Labute approximate surface area is 95.0 Å². The zero-order valence-corrected chi connectivity index (χ0v) is 9.35. The lowest BCUT2D eigenvalue weighted by Crippen LogP contribution is -2.31. The summed E-state index contributed by atoms with van der Waals surface area (Å²) in [7, 11) is 1.47. The lowest BCUT2D eigenvalue weighted by Gasteiger charge is -2.20. The Morgan fingerprint density at radius 2 is 2.25 bits per heavy atom. The zero-order chi connectivity index (χ0) is 11.1. The van der Waals surface area contributed by atoms with Gasteiger partial charge >= 0.3 is 5.97 Å². The maximum atomic E-state index is 11.9. The molecule has 3 nitrogen and oxygen atoms in total. The summed E-state index contributed by atoms with van der Waals surface area (Å²) >= 11 is 0. The van der Waals surface area contributed by atoms with Gasteiger partial charge in [-0.1, -0.05) is 18.2 Å². The smallest absolute Gasteiger partial charge is 0.315 e. The third-order valence-electron chi connectivity index (χ3n) is 3.72. The SMILES string of the molecule is COC(=O)[C@@H]1c2ccccc2N2CCC[C@H]12. The Hall–Kier alpha value is -1.51. The molecule has 2 heterocycles. The maximum absolute atomic E-state index is 11.9. The minimum Gasteiger partial charge on any atom is -0.468 e. The van der Waals surface area contributed by atoms with Crippen molar-refractivity contribution < 1.29 is 9.53 Å². The van der Waals surface area contributed by atoms with Gasteiger partial charge < -0.3 is 9.64 Å². The summed E-state index contributed by atoms with van der Waals surface area (Å²) in [5, 5.41) is 0. The predicted molar refractivity (Wildman–Crippen MR) is 61.6 cm³/mol. The number of nitrogens with zero attached hydrogens (tertiary/aromatic N) is 1. The molecule has 1 aromatic carbocycles. The van der Waals surface area contributed by atoms with Crippen LogP contribution in [0.4, 0.5) is 5.69 Å². The minimum atomic E-state index is -0.0955. The maximum Gasteiger partial charge on any atom is 0.315 e. The molecule has 0 aromatic heterocycles. The van der Waals surface area contributed by atoms with Gasteiger partial charge in [0.15, 0.2) is 0 Å². The van der Waals surface area contributed by atoms with Gasteiger partial charge in [-0.15, -0.1) is 0 Å². The normalized spacial score (nSPS) is 26.4. The predicted octanol–water partition coefficient (Wildman–Crippen LogP) is 1.93. The summed E-state index contributed by atoms with van der Waals surface area (Å²) in [6.45, 7) is 1.06. The van der Waals surface area contributed by atoms with Gasteiger partial charge in [-0.05, 0) is 24.5 Å². The van der Waals surface area contributed by atoms with E-state index >= 15 is 0 Å². The second kappa shape index (κ2) is 3.51. The number of benzene rings is 1. The van der Waals surface area contributed by atoms with Gasteiger partial charge in [-0.25, -0.2) is 0 Å². The van der Waals surface area contributed by atoms with Gasteiger partial charge in [-0.3, -0.25) is 4.79 Å². The molecule has 16 heavy (non-hydrogen) atoms. The van der Waals surface area contributed by atoms with Crippen LogP contribution in [0.25, 0.3) is 0 Å². The fourth-order valence-electron chi connectivity index (χ4n) is 3.07. The summed E-state index contributed by atoms with van der Waals surface area (Å²) in [5.74, 6) is -0.175. The van der Waals surface area contributed by atoms with E-state index in [9.17, 15) is 4.79 Å². The first-order valence-corrected chi connectivity index (χ1v) is 5.76. The van der Waals surface area contributed by atoms with Crippen LogP contribution >= 0.6 is 0 Å². The highest BCUT2D eigenvalue weighted by atomic mass is 16.5. The highest BCUT2D eigenvalue weighted by molar-refractivity contribution is 5.85. The molecule has 0 spiro atoms. The van der Waals surface area contributed by atoms with Gasteiger partial charge in [0.25, 0.3) is 0 Å². The summed E-state index contributed by atoms with van der Waals surface area (Å²) < 4.78 is 4.93. The van der Waals surface area contributed by atoms with Crippen LogP contribution in [0, 0.1) is 0 Å². The van der Waals surface area contributed by atoms with Crippen molar-refractivity contribution in [2.45, 2.75) is 24.8 Å². The van der Waals surface area contributed by atoms with Crippen LogP contribution in [-0.2, 0) is 9.53 Å². The molecule has 0 N–H and O–H groups in total. The average molecular weight is 217 g/mol. The third-order valence-corrected chi connectivity index (χ3v) is 3.72. The van der Waals surface area contributed by atoms with Crippen LogP contribution in [0.15, 0.2) is 24.3 Å². The standard InChI is InChI=1S/C13H15NO2/c1-16-13(15)12-9-5-2-3-6-10(9)14-8-4-7-11(12)14/h2-3,5-6,11-12H,4,7-8H2,1H3/t11-,12-/m1/s1. The van der Waals surface area contributed by atoms with Crippen molar-refractivity contribution in [1.82, 2.24) is 0 Å². The number of hydrogen-bond acceptors (Lipinski definition) is 3. The molecule has 84 valence electrons. The van der Waals surface area contributed by atoms with Crippen molar-refractivity contribution in [3.05, 3.63) is 29.8 Å². The van der Waals surface area contributed by atoms with Crippen molar-refractivity contribution >= 4 is 11.7 Å². The molecule has 2 aliphatic rings. The number of para-hydroxylation sites is 1. The van der Waals surface area contributed by atoms with Crippen molar-refractivity contribution in [3.63, 3.8) is 0 Å². The van der Waals surface area contributed by atoms with E-state index in [1.165, 1.54) is 19.2 Å². The topological polar surface area (TPSA) is 29.5 Å². The Balaban J connectivity index is 2.08. The van der Waals surface area contributed by atoms with Crippen LogP contribution in [0.5, 0.6) is 0 Å². The van der Waals surface area contributed by atoms with Gasteiger partial charge in [0.05, 0.1) is 7.11 Å². The molecule has 0 saturated carbocycles. The van der Waals surface area contributed by atoms with E-state index in [1.54, 1.807) is 0 Å². The molecule has 1 fully saturated rings. The van der Waals surface area contributed by atoms with E-state index in [0.29, 0.717) is 6.04 Å². The van der Waals surface area contributed by atoms with E-state index in [1.807, 2.05) is 12.1 Å². The monoisotopic (exact) mass is 217 g/mol. The van der Waals surface area contributed by atoms with Crippen LogP contribution in [0.2, 0.25) is 0 Å². The van der Waals surface area contributed by atoms with E-state index in [2.05, 4.69) is 17.0 Å². The van der Waals surface area contributed by atoms with Crippen LogP contribution in [-0.4, -0.2) is 25.7 Å². The molecule has 1 aromatic rings. The quantitative estimate of drug-likeness (QED) is 0.673. The lowest BCUT2D eigenvalue weighted by molar-refractivity contribution is -0.142. The molecule has 0 aliphatic carbocycles. The minimum absolute atomic E-state index is 0.0799. The molecule has 0 bridgehead atoms.